The number of ether oxygens (including phenoxy) is 1. The fourth-order valence-electron chi connectivity index (χ4n) is 2.96. The Morgan fingerprint density at radius 1 is 1.09 bits per heavy atom. The average molecular weight is 602 g/mol. The minimum Gasteiger partial charge on any atom is -0.448 e. The van der Waals surface area contributed by atoms with Crippen LogP contribution in [-0.2, 0) is 4.79 Å². The zero-order valence-electron chi connectivity index (χ0n) is 17.8. The smallest absolute Gasteiger partial charge is 0.318 e. The third-order valence-corrected chi connectivity index (χ3v) is 5.70. The Morgan fingerprint density at radius 3 is 2.43 bits per heavy atom. The number of benzene rings is 3. The first-order chi connectivity index (χ1) is 16.6. The van der Waals surface area contributed by atoms with Crippen molar-refractivity contribution in [3.05, 3.63) is 100 Å². The molecule has 3 rings (SSSR count). The maximum absolute atomic E-state index is 12.8. The lowest BCUT2D eigenvalue weighted by Gasteiger charge is -2.13. The van der Waals surface area contributed by atoms with Crippen molar-refractivity contribution in [1.82, 2.24) is 0 Å². The van der Waals surface area contributed by atoms with Gasteiger partial charge in [-0.15, -0.1) is 0 Å². The molecule has 0 fully saturated rings. The van der Waals surface area contributed by atoms with E-state index in [-0.39, 0.29) is 22.6 Å². The number of carbonyl (C=O) groups is 1. The van der Waals surface area contributed by atoms with Crippen molar-refractivity contribution in [2.75, 3.05) is 5.32 Å². The van der Waals surface area contributed by atoms with Gasteiger partial charge >= 0.3 is 5.69 Å². The molecule has 0 aromatic heterocycles. The van der Waals surface area contributed by atoms with Gasteiger partial charge in [0.2, 0.25) is 5.75 Å². The molecule has 0 unspecified atom stereocenters. The number of non-ortho nitro benzene ring substituents is 1. The molecule has 3 aromatic rings. The minimum atomic E-state index is -0.805. The van der Waals surface area contributed by atoms with E-state index in [0.717, 1.165) is 23.8 Å². The predicted octanol–water partition coefficient (Wildman–Crippen LogP) is 6.67. The van der Waals surface area contributed by atoms with Crippen molar-refractivity contribution in [1.29, 1.82) is 5.26 Å². The number of aryl methyl sites for hydroxylation is 1. The van der Waals surface area contributed by atoms with Gasteiger partial charge in [0.05, 0.1) is 20.4 Å². The van der Waals surface area contributed by atoms with Gasteiger partial charge in [-0.1, -0.05) is 34.1 Å². The third-order valence-electron chi connectivity index (χ3n) is 4.66. The molecule has 1 amide bonds. The van der Waals surface area contributed by atoms with Crippen LogP contribution in [0, 0.1) is 38.5 Å². The maximum Gasteiger partial charge on any atom is 0.318 e. The summed E-state index contributed by atoms with van der Waals surface area (Å²) in [7, 11) is 0. The molecule has 0 heterocycles. The monoisotopic (exact) mass is 600 g/mol. The largest absolute Gasteiger partial charge is 0.448 e. The molecule has 176 valence electrons. The van der Waals surface area contributed by atoms with Gasteiger partial charge in [0.1, 0.15) is 17.4 Å². The summed E-state index contributed by atoms with van der Waals surface area (Å²) in [6, 6.07) is 15.0. The van der Waals surface area contributed by atoms with Crippen molar-refractivity contribution in [3.63, 3.8) is 0 Å². The summed E-state index contributed by atoms with van der Waals surface area (Å²) < 4.78 is 6.68. The first kappa shape index (κ1) is 25.5. The van der Waals surface area contributed by atoms with Gasteiger partial charge in [-0.25, -0.2) is 0 Å². The first-order valence-corrected chi connectivity index (χ1v) is 11.3. The van der Waals surface area contributed by atoms with Crippen LogP contribution in [0.5, 0.6) is 11.5 Å². The quantitative estimate of drug-likeness (QED) is 0.137. The Morgan fingerprint density at radius 2 is 1.80 bits per heavy atom. The number of anilines is 1. The summed E-state index contributed by atoms with van der Waals surface area (Å²) in [4.78, 5) is 33.7. The lowest BCUT2D eigenvalue weighted by molar-refractivity contribution is -0.394. The van der Waals surface area contributed by atoms with Crippen LogP contribution in [0.15, 0.2) is 69.1 Å². The molecule has 3 aromatic carbocycles. The number of para-hydroxylation sites is 1. The molecule has 0 atom stereocenters. The SMILES string of the molecule is Cc1ccccc1NC(=O)/C(C#N)=C/c1cc(Br)cc(Br)c1Oc1ccc([N+](=O)[O-])cc1[N+](=O)[O-]. The summed E-state index contributed by atoms with van der Waals surface area (Å²) in [6.07, 6.45) is 1.27. The first-order valence-electron chi connectivity index (χ1n) is 9.69. The summed E-state index contributed by atoms with van der Waals surface area (Å²) in [5.74, 6) is -0.868. The van der Waals surface area contributed by atoms with Crippen molar-refractivity contribution >= 4 is 60.9 Å². The van der Waals surface area contributed by atoms with E-state index in [4.69, 9.17) is 4.74 Å². The number of nitro groups is 2. The van der Waals surface area contributed by atoms with E-state index in [1.807, 2.05) is 12.1 Å². The molecule has 0 aliphatic carbocycles. The highest BCUT2D eigenvalue weighted by atomic mass is 79.9. The Kier molecular flexibility index (Phi) is 7.95. The van der Waals surface area contributed by atoms with Gasteiger partial charge in [0.25, 0.3) is 11.6 Å². The summed E-state index contributed by atoms with van der Waals surface area (Å²) in [5.41, 5.74) is 0.238. The molecule has 12 heteroatoms. The van der Waals surface area contributed by atoms with E-state index in [9.17, 15) is 30.3 Å². The second-order valence-corrected chi connectivity index (χ2v) is 8.78. The molecule has 0 saturated carbocycles. The van der Waals surface area contributed by atoms with Gasteiger partial charge in [-0.2, -0.15) is 5.26 Å². The second-order valence-electron chi connectivity index (χ2n) is 7.01. The van der Waals surface area contributed by atoms with E-state index >= 15 is 0 Å². The fourth-order valence-corrected chi connectivity index (χ4v) is 4.30. The lowest BCUT2D eigenvalue weighted by Crippen LogP contribution is -2.14. The minimum absolute atomic E-state index is 0.0570. The normalized spacial score (nSPS) is 10.9. The third kappa shape index (κ3) is 6.08. The van der Waals surface area contributed by atoms with E-state index < -0.39 is 27.1 Å². The van der Waals surface area contributed by atoms with Crippen LogP contribution >= 0.6 is 31.9 Å². The van der Waals surface area contributed by atoms with E-state index in [1.165, 1.54) is 6.08 Å². The zero-order chi connectivity index (χ0) is 25.7. The van der Waals surface area contributed by atoms with Gasteiger partial charge < -0.3 is 10.1 Å². The van der Waals surface area contributed by atoms with Gasteiger partial charge in [0, 0.05) is 21.8 Å². The number of nitrogens with zero attached hydrogens (tertiary/aromatic N) is 3. The molecule has 0 aliphatic heterocycles. The van der Waals surface area contributed by atoms with Crippen molar-refractivity contribution < 1.29 is 19.4 Å². The number of halogens is 2. The molecule has 0 saturated heterocycles. The van der Waals surface area contributed by atoms with Crippen LogP contribution < -0.4 is 10.1 Å². The van der Waals surface area contributed by atoms with Crippen molar-refractivity contribution in [3.8, 4) is 17.6 Å². The molecular formula is C23H14Br2N4O6. The number of hydrogen-bond donors (Lipinski definition) is 1. The zero-order valence-corrected chi connectivity index (χ0v) is 21.0. The Labute approximate surface area is 215 Å². The molecule has 35 heavy (non-hydrogen) atoms. The van der Waals surface area contributed by atoms with E-state index in [0.29, 0.717) is 14.6 Å². The van der Waals surface area contributed by atoms with Crippen LogP contribution in [0.4, 0.5) is 17.1 Å². The molecule has 1 N–H and O–H groups in total. The summed E-state index contributed by atoms with van der Waals surface area (Å²) in [6.45, 7) is 1.81. The number of rotatable bonds is 7. The second kappa shape index (κ2) is 10.9. The summed E-state index contributed by atoms with van der Waals surface area (Å²) in [5, 5.41) is 34.8. The van der Waals surface area contributed by atoms with Crippen LogP contribution in [0.25, 0.3) is 6.08 Å². The Bertz CT molecular complexity index is 1430. The highest BCUT2D eigenvalue weighted by Crippen LogP contribution is 2.41. The number of amides is 1. The Hall–Kier alpha value is -4.08. The standard InChI is InChI=1S/C23H14Br2N4O6/c1-13-4-2-3-5-19(13)27-23(30)15(12-26)8-14-9-16(24)10-18(25)22(14)35-21-7-6-17(28(31)32)11-20(21)29(33)34/h2-11H,1H3,(H,27,30)/b15-8+. The van der Waals surface area contributed by atoms with Crippen LogP contribution in [0.1, 0.15) is 11.1 Å². The molecular weight excluding hydrogens is 588 g/mol. The lowest BCUT2D eigenvalue weighted by atomic mass is 10.1. The number of nitro benzene ring substituents is 2. The van der Waals surface area contributed by atoms with Crippen LogP contribution in [0.3, 0.4) is 0 Å². The van der Waals surface area contributed by atoms with Gasteiger partial charge in [-0.05, 0) is 58.8 Å². The number of hydrogen-bond acceptors (Lipinski definition) is 7. The number of nitrogens with one attached hydrogen (secondary N) is 1. The molecule has 0 spiro atoms. The van der Waals surface area contributed by atoms with Crippen molar-refractivity contribution in [2.24, 2.45) is 0 Å². The maximum atomic E-state index is 12.8. The Balaban J connectivity index is 2.05. The highest BCUT2D eigenvalue weighted by Gasteiger charge is 2.23. The van der Waals surface area contributed by atoms with Crippen molar-refractivity contribution in [2.45, 2.75) is 6.92 Å². The van der Waals surface area contributed by atoms with Crippen LogP contribution in [0.2, 0.25) is 0 Å². The number of carbonyl (C=O) groups excluding carboxylic acids is 1. The van der Waals surface area contributed by atoms with E-state index in [2.05, 4.69) is 37.2 Å². The van der Waals surface area contributed by atoms with Gasteiger partial charge in [0.15, 0.2) is 0 Å². The van der Waals surface area contributed by atoms with Crippen LogP contribution in [-0.4, -0.2) is 15.8 Å². The van der Waals surface area contributed by atoms with E-state index in [1.54, 1.807) is 37.3 Å². The van der Waals surface area contributed by atoms with Gasteiger partial charge in [-0.3, -0.25) is 25.0 Å². The highest BCUT2D eigenvalue weighted by molar-refractivity contribution is 9.11. The molecule has 0 aliphatic rings. The topological polar surface area (TPSA) is 148 Å². The number of nitriles is 1. The average Bonchev–Trinajstić information content (AvgIpc) is 2.80. The fraction of sp³-hybridized carbons (Fsp3) is 0.0435. The molecule has 10 nitrogen and oxygen atoms in total. The summed E-state index contributed by atoms with van der Waals surface area (Å²) >= 11 is 6.65. The predicted molar refractivity (Wildman–Crippen MR) is 135 cm³/mol. The molecule has 0 bridgehead atoms. The molecule has 0 radical (unpaired) electrons.